The van der Waals surface area contributed by atoms with E-state index < -0.39 is 0 Å². The molecule has 0 aliphatic carbocycles. The number of para-hydroxylation sites is 1. The first-order chi connectivity index (χ1) is 16.0. The highest BCUT2D eigenvalue weighted by molar-refractivity contribution is 6.08. The van der Waals surface area contributed by atoms with E-state index in [2.05, 4.69) is 36.5 Å². The normalized spacial score (nSPS) is 10.8. The van der Waals surface area contributed by atoms with E-state index in [0.717, 1.165) is 33.3 Å². The predicted octanol–water partition coefficient (Wildman–Crippen LogP) is 5.51. The van der Waals surface area contributed by atoms with Crippen molar-refractivity contribution in [3.63, 3.8) is 0 Å². The number of aryl methyl sites for hydroxylation is 1. The van der Waals surface area contributed by atoms with Gasteiger partial charge in [-0.05, 0) is 49.6 Å². The molecule has 1 heterocycles. The molecule has 33 heavy (non-hydrogen) atoms. The predicted molar refractivity (Wildman–Crippen MR) is 132 cm³/mol. The maximum atomic E-state index is 13.3. The van der Waals surface area contributed by atoms with Crippen LogP contribution >= 0.6 is 0 Å². The lowest BCUT2D eigenvalue weighted by Crippen LogP contribution is -2.27. The summed E-state index contributed by atoms with van der Waals surface area (Å²) in [5.41, 5.74) is 6.44. The van der Waals surface area contributed by atoms with Gasteiger partial charge in [-0.3, -0.25) is 4.79 Å². The molecule has 0 fully saturated rings. The van der Waals surface area contributed by atoms with Crippen molar-refractivity contribution >= 4 is 16.8 Å². The summed E-state index contributed by atoms with van der Waals surface area (Å²) in [5.74, 6) is 1.27. The third-order valence-electron chi connectivity index (χ3n) is 5.84. The summed E-state index contributed by atoms with van der Waals surface area (Å²) in [7, 11) is 3.23. The van der Waals surface area contributed by atoms with Gasteiger partial charge in [0.2, 0.25) is 0 Å². The van der Waals surface area contributed by atoms with Crippen LogP contribution in [-0.4, -0.2) is 31.7 Å². The van der Waals surface area contributed by atoms with E-state index in [1.807, 2.05) is 49.4 Å². The van der Waals surface area contributed by atoms with Gasteiger partial charge in [-0.25, -0.2) is 4.98 Å². The van der Waals surface area contributed by atoms with Gasteiger partial charge in [0.05, 0.1) is 31.0 Å². The maximum Gasteiger partial charge on any atom is 0.252 e. The van der Waals surface area contributed by atoms with Crippen molar-refractivity contribution < 1.29 is 14.3 Å². The van der Waals surface area contributed by atoms with Crippen LogP contribution in [0.2, 0.25) is 0 Å². The van der Waals surface area contributed by atoms with Crippen molar-refractivity contribution in [1.82, 2.24) is 10.3 Å². The lowest BCUT2D eigenvalue weighted by Gasteiger charge is -2.15. The first-order valence-electron chi connectivity index (χ1n) is 11.0. The Morgan fingerprint density at radius 1 is 0.909 bits per heavy atom. The van der Waals surface area contributed by atoms with Gasteiger partial charge in [-0.1, -0.05) is 54.1 Å². The molecule has 0 saturated heterocycles. The molecule has 0 saturated carbocycles. The number of nitrogens with one attached hydrogen (secondary N) is 1. The van der Waals surface area contributed by atoms with Crippen molar-refractivity contribution in [2.75, 3.05) is 20.8 Å². The van der Waals surface area contributed by atoms with Gasteiger partial charge < -0.3 is 14.8 Å². The highest BCUT2D eigenvalue weighted by Crippen LogP contribution is 2.30. The molecule has 5 nitrogen and oxygen atoms in total. The van der Waals surface area contributed by atoms with Crippen LogP contribution in [0.15, 0.2) is 66.7 Å². The summed E-state index contributed by atoms with van der Waals surface area (Å²) in [6, 6.07) is 21.8. The average molecular weight is 441 g/mol. The smallest absolute Gasteiger partial charge is 0.252 e. The van der Waals surface area contributed by atoms with Crippen molar-refractivity contribution in [3.05, 3.63) is 89.0 Å². The molecule has 1 amide bonds. The minimum Gasteiger partial charge on any atom is -0.493 e. The van der Waals surface area contributed by atoms with Crippen LogP contribution in [0, 0.1) is 13.8 Å². The summed E-state index contributed by atoms with van der Waals surface area (Å²) in [4.78, 5) is 18.2. The Hall–Kier alpha value is -3.86. The zero-order valence-corrected chi connectivity index (χ0v) is 19.4. The number of aromatic nitrogens is 1. The second-order valence-electron chi connectivity index (χ2n) is 8.04. The van der Waals surface area contributed by atoms with E-state index >= 15 is 0 Å². The van der Waals surface area contributed by atoms with Crippen molar-refractivity contribution in [1.29, 1.82) is 0 Å². The lowest BCUT2D eigenvalue weighted by atomic mass is 9.96. The number of hydrogen-bond acceptors (Lipinski definition) is 4. The first-order valence-corrected chi connectivity index (χ1v) is 11.0. The highest BCUT2D eigenvalue weighted by Gasteiger charge is 2.18. The van der Waals surface area contributed by atoms with Gasteiger partial charge >= 0.3 is 0 Å². The van der Waals surface area contributed by atoms with E-state index in [4.69, 9.17) is 14.5 Å². The second kappa shape index (κ2) is 9.74. The van der Waals surface area contributed by atoms with Gasteiger partial charge in [0.1, 0.15) is 0 Å². The van der Waals surface area contributed by atoms with E-state index in [1.165, 1.54) is 5.56 Å². The molecular formula is C28H28N2O3. The Kier molecular flexibility index (Phi) is 6.59. The zero-order valence-electron chi connectivity index (χ0n) is 19.4. The summed E-state index contributed by atoms with van der Waals surface area (Å²) in [6.45, 7) is 4.53. The Morgan fingerprint density at radius 2 is 1.64 bits per heavy atom. The molecule has 5 heteroatoms. The minimum absolute atomic E-state index is 0.0973. The molecule has 0 radical (unpaired) electrons. The average Bonchev–Trinajstić information content (AvgIpc) is 2.84. The van der Waals surface area contributed by atoms with Crippen LogP contribution in [0.4, 0.5) is 0 Å². The van der Waals surface area contributed by atoms with Crippen LogP contribution in [0.5, 0.6) is 11.5 Å². The third kappa shape index (κ3) is 4.67. The number of methoxy groups -OCH3 is 2. The molecule has 0 aliphatic heterocycles. The number of hydrogen-bond donors (Lipinski definition) is 1. The third-order valence-corrected chi connectivity index (χ3v) is 5.84. The standard InChI is InChI=1S/C28H28N2O3/c1-18-9-12-21(13-10-18)27-19(2)26(22-7-5-6-8-23(22)30-27)28(31)29-16-15-20-11-14-24(32-3)25(17-20)33-4/h5-14,17H,15-16H2,1-4H3,(H,29,31). The van der Waals surface area contributed by atoms with Crippen LogP contribution in [0.1, 0.15) is 27.0 Å². The topological polar surface area (TPSA) is 60.5 Å². The molecule has 0 atom stereocenters. The number of fused-ring (bicyclic) bond motifs is 1. The van der Waals surface area contributed by atoms with E-state index in [1.54, 1.807) is 14.2 Å². The first kappa shape index (κ1) is 22.3. The number of ether oxygens (including phenoxy) is 2. The van der Waals surface area contributed by atoms with Crippen LogP contribution in [-0.2, 0) is 6.42 Å². The number of carbonyl (C=O) groups is 1. The Bertz CT molecular complexity index is 1300. The summed E-state index contributed by atoms with van der Waals surface area (Å²) in [5, 5.41) is 3.95. The zero-order chi connectivity index (χ0) is 23.4. The number of amides is 1. The van der Waals surface area contributed by atoms with Gasteiger partial charge in [-0.15, -0.1) is 0 Å². The second-order valence-corrected chi connectivity index (χ2v) is 8.04. The van der Waals surface area contributed by atoms with Crippen LogP contribution < -0.4 is 14.8 Å². The van der Waals surface area contributed by atoms with E-state index in [0.29, 0.717) is 30.0 Å². The molecular weight excluding hydrogens is 412 g/mol. The fraction of sp³-hybridized carbons (Fsp3) is 0.214. The molecule has 0 bridgehead atoms. The van der Waals surface area contributed by atoms with Crippen LogP contribution in [0.25, 0.3) is 22.2 Å². The molecule has 0 unspecified atom stereocenters. The van der Waals surface area contributed by atoms with Gasteiger partial charge in [-0.2, -0.15) is 0 Å². The van der Waals surface area contributed by atoms with Crippen LogP contribution in [0.3, 0.4) is 0 Å². The Balaban J connectivity index is 1.61. The molecule has 3 aromatic carbocycles. The summed E-state index contributed by atoms with van der Waals surface area (Å²) >= 11 is 0. The van der Waals surface area contributed by atoms with Crippen molar-refractivity contribution in [2.45, 2.75) is 20.3 Å². The van der Waals surface area contributed by atoms with E-state index in [-0.39, 0.29) is 5.91 Å². The molecule has 0 aliphatic rings. The fourth-order valence-electron chi connectivity index (χ4n) is 4.04. The Labute approximate surface area is 194 Å². The fourth-order valence-corrected chi connectivity index (χ4v) is 4.04. The van der Waals surface area contributed by atoms with E-state index in [9.17, 15) is 4.79 Å². The van der Waals surface area contributed by atoms with Crippen molar-refractivity contribution in [2.24, 2.45) is 0 Å². The highest BCUT2D eigenvalue weighted by atomic mass is 16.5. The molecule has 1 N–H and O–H groups in total. The van der Waals surface area contributed by atoms with Gasteiger partial charge in [0.15, 0.2) is 11.5 Å². The maximum absolute atomic E-state index is 13.3. The van der Waals surface area contributed by atoms with Crippen molar-refractivity contribution in [3.8, 4) is 22.8 Å². The number of benzene rings is 3. The Morgan fingerprint density at radius 3 is 2.36 bits per heavy atom. The molecule has 0 spiro atoms. The molecule has 1 aromatic heterocycles. The molecule has 4 aromatic rings. The molecule has 168 valence electrons. The molecule has 4 rings (SSSR count). The lowest BCUT2D eigenvalue weighted by molar-refractivity contribution is 0.0955. The number of rotatable bonds is 7. The number of pyridine rings is 1. The summed E-state index contributed by atoms with van der Waals surface area (Å²) in [6.07, 6.45) is 0.680. The number of carbonyl (C=O) groups excluding carboxylic acids is 1. The summed E-state index contributed by atoms with van der Waals surface area (Å²) < 4.78 is 10.7. The largest absolute Gasteiger partial charge is 0.493 e. The number of nitrogens with zero attached hydrogens (tertiary/aromatic N) is 1. The quantitative estimate of drug-likeness (QED) is 0.412. The monoisotopic (exact) mass is 440 g/mol. The van der Waals surface area contributed by atoms with Gasteiger partial charge in [0, 0.05) is 17.5 Å². The SMILES string of the molecule is COc1ccc(CCNC(=O)c2c(C)c(-c3ccc(C)cc3)nc3ccccc23)cc1OC. The van der Waals surface area contributed by atoms with Gasteiger partial charge in [0.25, 0.3) is 5.91 Å². The minimum atomic E-state index is -0.0973.